The van der Waals surface area contributed by atoms with Crippen LogP contribution in [0.4, 0.5) is 0 Å². The number of fused-ring (bicyclic) bond motifs is 2. The summed E-state index contributed by atoms with van der Waals surface area (Å²) in [5.74, 6) is 0. The van der Waals surface area contributed by atoms with Gasteiger partial charge in [0.1, 0.15) is 9.79 Å². The molecule has 0 aromatic rings. The van der Waals surface area contributed by atoms with E-state index in [2.05, 4.69) is 0 Å². The Balaban J connectivity index is 0.000000161. The first kappa shape index (κ1) is 20.0. The van der Waals surface area contributed by atoms with Gasteiger partial charge in [-0.3, -0.25) is 9.11 Å². The second-order valence-corrected chi connectivity index (χ2v) is 8.68. The molecule has 0 unspecified atom stereocenters. The van der Waals surface area contributed by atoms with E-state index in [0.717, 1.165) is 11.1 Å². The van der Waals surface area contributed by atoms with Crippen molar-refractivity contribution in [1.82, 2.24) is 0 Å². The van der Waals surface area contributed by atoms with Crippen molar-refractivity contribution < 1.29 is 25.9 Å². The van der Waals surface area contributed by atoms with Crippen molar-refractivity contribution >= 4 is 20.2 Å². The van der Waals surface area contributed by atoms with E-state index < -0.39 is 20.2 Å². The zero-order valence-corrected chi connectivity index (χ0v) is 16.1. The fourth-order valence-corrected chi connectivity index (χ4v) is 4.23. The van der Waals surface area contributed by atoms with Crippen molar-refractivity contribution in [2.45, 2.75) is 9.79 Å². The van der Waals surface area contributed by atoms with Crippen LogP contribution in [-0.2, 0) is 20.2 Å². The Morgan fingerprint density at radius 2 is 0.821 bits per heavy atom. The lowest BCUT2D eigenvalue weighted by atomic mass is 10.2. The lowest BCUT2D eigenvalue weighted by molar-refractivity contribution is 0.481. The van der Waals surface area contributed by atoms with Crippen molar-refractivity contribution in [3.8, 4) is 22.3 Å². The summed E-state index contributed by atoms with van der Waals surface area (Å²) in [5.41, 5.74) is 2.67. The van der Waals surface area contributed by atoms with E-state index in [1.807, 2.05) is 12.1 Å². The van der Waals surface area contributed by atoms with Gasteiger partial charge in [-0.15, -0.1) is 0 Å². The minimum Gasteiger partial charge on any atom is -0.282 e. The smallest absolute Gasteiger partial charge is 0.282 e. The monoisotopic (exact) mass is 416 g/mol. The topological polar surface area (TPSA) is 109 Å². The van der Waals surface area contributed by atoms with Crippen LogP contribution in [0, 0.1) is 0 Å². The summed E-state index contributed by atoms with van der Waals surface area (Å²) in [6.45, 7) is 0. The predicted molar refractivity (Wildman–Crippen MR) is 106 cm³/mol. The summed E-state index contributed by atoms with van der Waals surface area (Å²) in [7, 11) is -8.23. The highest BCUT2D eigenvalue weighted by Gasteiger charge is 2.18. The Hall–Kier alpha value is -2.78. The normalized spacial score (nSPS) is 11.8. The zero-order chi connectivity index (χ0) is 20.4. The van der Waals surface area contributed by atoms with Crippen LogP contribution in [0.1, 0.15) is 0 Å². The quantitative estimate of drug-likeness (QED) is 0.477. The highest BCUT2D eigenvalue weighted by Crippen LogP contribution is 2.30. The summed E-state index contributed by atoms with van der Waals surface area (Å²) < 4.78 is 61.7. The largest absolute Gasteiger partial charge is 0.295 e. The molecule has 0 saturated carbocycles. The van der Waals surface area contributed by atoms with Crippen LogP contribution in [0.5, 0.6) is 0 Å². The van der Waals surface area contributed by atoms with Crippen molar-refractivity contribution in [3.05, 3.63) is 84.9 Å². The first-order valence-corrected chi connectivity index (χ1v) is 11.0. The maximum atomic E-state index is 11.0. The van der Waals surface area contributed by atoms with Crippen LogP contribution in [0.3, 0.4) is 0 Å². The Labute approximate surface area is 163 Å². The molecule has 0 saturated heterocycles. The van der Waals surface area contributed by atoms with Gasteiger partial charge in [-0.1, -0.05) is 72.8 Å². The molecule has 0 aromatic heterocycles. The summed E-state index contributed by atoms with van der Waals surface area (Å²) in [6, 6.07) is 23.8. The maximum Gasteiger partial charge on any atom is 0.295 e. The molecule has 0 fully saturated rings. The lowest BCUT2D eigenvalue weighted by Gasteiger charge is -1.96. The molecule has 0 bridgehead atoms. The van der Waals surface area contributed by atoms with Gasteiger partial charge in [0, 0.05) is 11.1 Å². The Kier molecular flexibility index (Phi) is 5.48. The van der Waals surface area contributed by atoms with Crippen molar-refractivity contribution in [2.75, 3.05) is 0 Å². The molecular formula is C20H16O6S2. The third kappa shape index (κ3) is 4.37. The minimum absolute atomic E-state index is 0.0382. The molecule has 4 rings (SSSR count). The van der Waals surface area contributed by atoms with Gasteiger partial charge >= 0.3 is 0 Å². The Morgan fingerprint density at radius 1 is 0.464 bits per heavy atom. The van der Waals surface area contributed by atoms with Crippen molar-refractivity contribution in [2.24, 2.45) is 0 Å². The van der Waals surface area contributed by atoms with E-state index in [9.17, 15) is 16.8 Å². The van der Waals surface area contributed by atoms with E-state index in [1.165, 1.54) is 12.1 Å². The summed E-state index contributed by atoms with van der Waals surface area (Å²) in [4.78, 5) is -0.0765. The van der Waals surface area contributed by atoms with Crippen LogP contribution in [0.25, 0.3) is 22.3 Å². The Bertz CT molecular complexity index is 1160. The molecule has 4 aliphatic rings. The van der Waals surface area contributed by atoms with E-state index in [4.69, 9.17) is 9.11 Å². The molecule has 0 spiro atoms. The highest BCUT2D eigenvalue weighted by atomic mass is 32.2. The van der Waals surface area contributed by atoms with Crippen LogP contribution < -0.4 is 0 Å². The summed E-state index contributed by atoms with van der Waals surface area (Å²) >= 11 is 0. The third-order valence-electron chi connectivity index (χ3n) is 4.06. The van der Waals surface area contributed by atoms with Gasteiger partial charge in [0.2, 0.25) is 0 Å². The predicted octanol–water partition coefficient (Wildman–Crippen LogP) is 4.08. The molecule has 0 atom stereocenters. The SMILES string of the molecule is O=S(=O)(O)c1ccc2cccccc1-2.O=S(=O)(O)c1ccc2cccccc1-2. The van der Waals surface area contributed by atoms with Gasteiger partial charge in [-0.25, -0.2) is 0 Å². The standard InChI is InChI=1S/2C10H8O3S/c2*11-14(12,13)10-7-6-8-4-2-1-3-5-9(8)10/h2*1-7H,(H,11,12,13). The Morgan fingerprint density at radius 3 is 1.18 bits per heavy atom. The molecular weight excluding hydrogens is 400 g/mol. The molecule has 144 valence electrons. The van der Waals surface area contributed by atoms with Gasteiger partial charge in [-0.05, 0) is 23.3 Å². The second-order valence-electron chi connectivity index (χ2n) is 5.90. The number of hydrogen-bond acceptors (Lipinski definition) is 4. The van der Waals surface area contributed by atoms with Gasteiger partial charge in [0.15, 0.2) is 0 Å². The fourth-order valence-electron chi connectivity index (χ4n) is 2.82. The molecule has 0 aromatic carbocycles. The van der Waals surface area contributed by atoms with Crippen LogP contribution in [-0.4, -0.2) is 25.9 Å². The lowest BCUT2D eigenvalue weighted by Crippen LogP contribution is -1.96. The molecule has 28 heavy (non-hydrogen) atoms. The molecule has 0 amide bonds. The molecule has 6 nitrogen and oxygen atoms in total. The summed E-state index contributed by atoms with van der Waals surface area (Å²) in [5, 5.41) is 0. The van der Waals surface area contributed by atoms with Crippen LogP contribution in [0.2, 0.25) is 0 Å². The average molecular weight is 416 g/mol. The van der Waals surface area contributed by atoms with Crippen molar-refractivity contribution in [3.63, 3.8) is 0 Å². The van der Waals surface area contributed by atoms with Gasteiger partial charge in [-0.2, -0.15) is 16.8 Å². The van der Waals surface area contributed by atoms with Crippen molar-refractivity contribution in [1.29, 1.82) is 0 Å². The van der Waals surface area contributed by atoms with Gasteiger partial charge in [0.05, 0.1) is 0 Å². The van der Waals surface area contributed by atoms with Gasteiger partial charge in [0.25, 0.3) is 20.2 Å². The fraction of sp³-hybridized carbons (Fsp3) is 0. The third-order valence-corrected chi connectivity index (χ3v) is 5.88. The van der Waals surface area contributed by atoms with Gasteiger partial charge < -0.3 is 0 Å². The van der Waals surface area contributed by atoms with E-state index in [0.29, 0.717) is 11.1 Å². The number of hydrogen-bond donors (Lipinski definition) is 2. The highest BCUT2D eigenvalue weighted by molar-refractivity contribution is 7.86. The first-order valence-electron chi connectivity index (χ1n) is 8.08. The molecule has 2 N–H and O–H groups in total. The first-order chi connectivity index (χ1) is 13.2. The van der Waals surface area contributed by atoms with E-state index in [1.54, 1.807) is 60.7 Å². The molecule has 0 aliphatic heterocycles. The van der Waals surface area contributed by atoms with Crippen LogP contribution >= 0.6 is 0 Å². The molecule has 4 aliphatic carbocycles. The molecule has 8 heteroatoms. The second kappa shape index (κ2) is 7.69. The molecule has 0 heterocycles. The van der Waals surface area contributed by atoms with Crippen LogP contribution in [0.15, 0.2) is 94.7 Å². The molecule has 0 radical (unpaired) electrons. The maximum absolute atomic E-state index is 11.0. The van der Waals surface area contributed by atoms with E-state index in [-0.39, 0.29) is 9.79 Å². The van der Waals surface area contributed by atoms with E-state index >= 15 is 0 Å². The summed E-state index contributed by atoms with van der Waals surface area (Å²) in [6.07, 6.45) is 0. The zero-order valence-electron chi connectivity index (χ0n) is 14.4. The minimum atomic E-state index is -4.12. The average Bonchev–Trinajstić information content (AvgIpc) is 3.04. The number of rotatable bonds is 2.